The van der Waals surface area contributed by atoms with Crippen LogP contribution in [-0.2, 0) is 6.42 Å². The van der Waals surface area contributed by atoms with E-state index in [0.29, 0.717) is 20.8 Å². The highest BCUT2D eigenvalue weighted by atomic mass is 79.9. The van der Waals surface area contributed by atoms with E-state index < -0.39 is 0 Å². The van der Waals surface area contributed by atoms with Crippen molar-refractivity contribution < 1.29 is 5.11 Å². The van der Waals surface area contributed by atoms with E-state index >= 15 is 0 Å². The third kappa shape index (κ3) is 3.89. The number of phenolic OH excluding ortho intramolecular Hbond substituents is 1. The Morgan fingerprint density at radius 2 is 1.86 bits per heavy atom. The molecule has 0 fully saturated rings. The maximum absolute atomic E-state index is 13.9. The Labute approximate surface area is 221 Å². The molecule has 0 radical (unpaired) electrons. The molecule has 180 valence electrons. The number of rotatable bonds is 3. The smallest absolute Gasteiger partial charge is 0.271 e. The Bertz CT molecular complexity index is 1710. The zero-order valence-electron chi connectivity index (χ0n) is 20.0. The molecule has 6 heteroatoms. The zero-order chi connectivity index (χ0) is 25.0. The molecule has 1 N–H and O–H groups in total. The molecule has 0 spiro atoms. The molecule has 1 aliphatic carbocycles. The monoisotopic (exact) mass is 556 g/mol. The van der Waals surface area contributed by atoms with Crippen LogP contribution in [0.15, 0.2) is 86.6 Å². The van der Waals surface area contributed by atoms with Gasteiger partial charge in [0.1, 0.15) is 5.75 Å². The van der Waals surface area contributed by atoms with Gasteiger partial charge in [0.15, 0.2) is 4.80 Å². The fourth-order valence-electron chi connectivity index (χ4n) is 5.17. The molecule has 2 heterocycles. The molecular formula is C30H25BrN2O2S. The van der Waals surface area contributed by atoms with E-state index in [2.05, 4.69) is 78.3 Å². The summed E-state index contributed by atoms with van der Waals surface area (Å²) < 4.78 is 3.25. The number of benzene rings is 3. The van der Waals surface area contributed by atoms with Crippen molar-refractivity contribution >= 4 is 39.0 Å². The first-order valence-corrected chi connectivity index (χ1v) is 13.7. The number of aryl methyl sites for hydroxylation is 1. The minimum Gasteiger partial charge on any atom is -0.507 e. The minimum absolute atomic E-state index is 0.0820. The maximum Gasteiger partial charge on any atom is 0.271 e. The van der Waals surface area contributed by atoms with Gasteiger partial charge in [0, 0.05) is 15.6 Å². The first kappa shape index (κ1) is 23.2. The minimum atomic E-state index is -0.205. The third-order valence-corrected chi connectivity index (χ3v) is 8.54. The Morgan fingerprint density at radius 3 is 2.64 bits per heavy atom. The molecule has 1 atom stereocenters. The van der Waals surface area contributed by atoms with E-state index in [1.807, 2.05) is 10.6 Å². The van der Waals surface area contributed by atoms with E-state index in [0.717, 1.165) is 34.1 Å². The molecule has 0 saturated heterocycles. The fourth-order valence-corrected chi connectivity index (χ4v) is 6.54. The maximum atomic E-state index is 13.9. The first-order valence-electron chi connectivity index (χ1n) is 12.1. The Balaban J connectivity index is 1.61. The van der Waals surface area contributed by atoms with Crippen LogP contribution in [0.25, 0.3) is 11.8 Å². The van der Waals surface area contributed by atoms with Gasteiger partial charge < -0.3 is 5.11 Å². The summed E-state index contributed by atoms with van der Waals surface area (Å²) in [6, 6.07) is 22.1. The van der Waals surface area contributed by atoms with E-state index in [-0.39, 0.29) is 17.4 Å². The van der Waals surface area contributed by atoms with E-state index in [9.17, 15) is 9.90 Å². The quantitative estimate of drug-likeness (QED) is 0.341. The van der Waals surface area contributed by atoms with Crippen molar-refractivity contribution in [3.8, 4) is 5.75 Å². The van der Waals surface area contributed by atoms with Gasteiger partial charge in [-0.3, -0.25) is 9.36 Å². The normalized spacial score (nSPS) is 17.0. The van der Waals surface area contributed by atoms with E-state index in [1.165, 1.54) is 28.0 Å². The summed E-state index contributed by atoms with van der Waals surface area (Å²) >= 11 is 4.84. The van der Waals surface area contributed by atoms with Crippen LogP contribution in [0.1, 0.15) is 60.0 Å². The highest BCUT2D eigenvalue weighted by Gasteiger charge is 2.32. The lowest BCUT2D eigenvalue weighted by atomic mass is 9.83. The molecule has 3 aromatic carbocycles. The highest BCUT2D eigenvalue weighted by molar-refractivity contribution is 9.10. The van der Waals surface area contributed by atoms with Crippen LogP contribution in [0, 0.1) is 0 Å². The van der Waals surface area contributed by atoms with Crippen molar-refractivity contribution in [1.82, 2.24) is 4.57 Å². The van der Waals surface area contributed by atoms with E-state index in [1.54, 1.807) is 18.2 Å². The number of aromatic nitrogens is 1. The molecule has 2 aliphatic rings. The van der Waals surface area contributed by atoms with Gasteiger partial charge >= 0.3 is 0 Å². The molecule has 4 nitrogen and oxygen atoms in total. The summed E-state index contributed by atoms with van der Waals surface area (Å²) in [6.07, 6.45) is 3.56. The Kier molecular flexibility index (Phi) is 5.81. The molecular weight excluding hydrogens is 532 g/mol. The number of hydrogen-bond donors (Lipinski definition) is 1. The second-order valence-electron chi connectivity index (χ2n) is 9.64. The number of nitrogens with zero attached hydrogens (tertiary/aromatic N) is 2. The van der Waals surface area contributed by atoms with Gasteiger partial charge in [-0.05, 0) is 65.3 Å². The second kappa shape index (κ2) is 9.02. The van der Waals surface area contributed by atoms with Crippen LogP contribution in [0.4, 0.5) is 0 Å². The average Bonchev–Trinajstić information content (AvgIpc) is 3.19. The third-order valence-electron chi connectivity index (χ3n) is 7.07. The molecule has 1 aliphatic heterocycles. The molecule has 1 unspecified atom stereocenters. The number of aromatic hydroxyl groups is 1. The first-order chi connectivity index (χ1) is 17.4. The topological polar surface area (TPSA) is 54.6 Å². The van der Waals surface area contributed by atoms with Gasteiger partial charge in [-0.25, -0.2) is 4.99 Å². The number of hydrogen-bond acceptors (Lipinski definition) is 4. The molecule has 0 amide bonds. The summed E-state index contributed by atoms with van der Waals surface area (Å²) in [4.78, 5) is 19.6. The zero-order valence-corrected chi connectivity index (χ0v) is 22.4. The van der Waals surface area contributed by atoms with Gasteiger partial charge in [0.05, 0.1) is 16.3 Å². The van der Waals surface area contributed by atoms with Crippen LogP contribution in [0.2, 0.25) is 0 Å². The number of allylic oxidation sites excluding steroid dienone is 1. The van der Waals surface area contributed by atoms with Crippen LogP contribution < -0.4 is 14.9 Å². The Hall–Kier alpha value is -3.22. The van der Waals surface area contributed by atoms with Crippen molar-refractivity contribution in [2.75, 3.05) is 0 Å². The summed E-state index contributed by atoms with van der Waals surface area (Å²) in [5.74, 6) is 0.577. The SMILES string of the molecule is CC(C)c1ccc(C2C3=C(N=c4sc(=Cc5cc(Br)ccc5O)c(=O)n42)c2ccccc2CC3)cc1. The number of thiazole rings is 1. The summed E-state index contributed by atoms with van der Waals surface area (Å²) in [6.45, 7) is 4.38. The van der Waals surface area contributed by atoms with Crippen LogP contribution in [0.3, 0.4) is 0 Å². The number of phenols is 1. The van der Waals surface area contributed by atoms with Crippen molar-refractivity contribution in [3.05, 3.63) is 124 Å². The summed E-state index contributed by atoms with van der Waals surface area (Å²) in [7, 11) is 0. The van der Waals surface area contributed by atoms with Gasteiger partial charge in [-0.2, -0.15) is 0 Å². The Morgan fingerprint density at radius 1 is 1.08 bits per heavy atom. The molecule has 4 aromatic rings. The fraction of sp³-hybridized carbons (Fsp3) is 0.200. The number of fused-ring (bicyclic) bond motifs is 3. The lowest BCUT2D eigenvalue weighted by molar-refractivity contribution is 0.474. The molecule has 0 saturated carbocycles. The van der Waals surface area contributed by atoms with Crippen LogP contribution in [-0.4, -0.2) is 9.67 Å². The summed E-state index contributed by atoms with van der Waals surface area (Å²) in [5.41, 5.74) is 7.53. The van der Waals surface area contributed by atoms with Crippen molar-refractivity contribution in [1.29, 1.82) is 0 Å². The largest absolute Gasteiger partial charge is 0.507 e. The summed E-state index contributed by atoms with van der Waals surface area (Å²) in [5, 5.41) is 10.4. The van der Waals surface area contributed by atoms with Gasteiger partial charge in [0.2, 0.25) is 0 Å². The van der Waals surface area contributed by atoms with Gasteiger partial charge in [-0.1, -0.05) is 89.6 Å². The highest BCUT2D eigenvalue weighted by Crippen LogP contribution is 2.41. The van der Waals surface area contributed by atoms with Crippen molar-refractivity contribution in [2.24, 2.45) is 4.99 Å². The molecule has 6 rings (SSSR count). The number of halogens is 1. The van der Waals surface area contributed by atoms with Crippen LogP contribution >= 0.6 is 27.3 Å². The lowest BCUT2D eigenvalue weighted by Gasteiger charge is -2.31. The predicted molar refractivity (Wildman–Crippen MR) is 149 cm³/mol. The van der Waals surface area contributed by atoms with Crippen molar-refractivity contribution in [3.63, 3.8) is 0 Å². The van der Waals surface area contributed by atoms with Crippen LogP contribution in [0.5, 0.6) is 5.75 Å². The molecule has 36 heavy (non-hydrogen) atoms. The van der Waals surface area contributed by atoms with E-state index in [4.69, 9.17) is 4.99 Å². The lowest BCUT2D eigenvalue weighted by Crippen LogP contribution is -2.38. The molecule has 1 aromatic heterocycles. The predicted octanol–water partition coefficient (Wildman–Crippen LogP) is 5.91. The van der Waals surface area contributed by atoms with Gasteiger partial charge in [-0.15, -0.1) is 0 Å². The molecule has 0 bridgehead atoms. The average molecular weight is 558 g/mol. The van der Waals surface area contributed by atoms with Crippen molar-refractivity contribution in [2.45, 2.75) is 38.6 Å². The second-order valence-corrected chi connectivity index (χ2v) is 11.6. The standard InChI is InChI=1S/C30H25BrN2O2S/c1-17(2)18-7-9-20(10-8-18)28-24-13-11-19-5-3-4-6-23(19)27(24)32-30-33(28)29(35)26(36-30)16-21-15-22(31)12-14-25(21)34/h3-10,12,14-17,28,34H,11,13H2,1-2H3. The van der Waals surface area contributed by atoms with Gasteiger partial charge in [0.25, 0.3) is 5.56 Å².